The Hall–Kier alpha value is -7.27. The Bertz CT molecular complexity index is 2110. The summed E-state index contributed by atoms with van der Waals surface area (Å²) in [6.45, 7) is 4.26. The summed E-state index contributed by atoms with van der Waals surface area (Å²) in [7, 11) is 0. The molecule has 11 heteroatoms. The van der Waals surface area contributed by atoms with E-state index in [1.54, 1.807) is 13.8 Å². The SMILES string of the molecule is CCOC(=O)c1cc(OCc2ccccc2)c(NC(=O)Nc2cc(OCc3ccccc3)c(C(=O)OCC)cc2OCc2ccccc2)cc1OCc1ccccc1. The maximum Gasteiger partial charge on any atom is 0.342 e. The van der Waals surface area contributed by atoms with Crippen molar-refractivity contribution in [3.05, 3.63) is 179 Å². The van der Waals surface area contributed by atoms with E-state index in [1.807, 2.05) is 121 Å². The lowest BCUT2D eigenvalue weighted by Gasteiger charge is -2.20. The van der Waals surface area contributed by atoms with Gasteiger partial charge in [0.2, 0.25) is 0 Å². The molecule has 6 rings (SSSR count). The fraction of sp³-hybridized carbons (Fsp3) is 0.170. The maximum absolute atomic E-state index is 14.1. The van der Waals surface area contributed by atoms with Crippen LogP contribution in [0.2, 0.25) is 0 Å². The van der Waals surface area contributed by atoms with Gasteiger partial charge in [-0.2, -0.15) is 0 Å². The first-order valence-electron chi connectivity index (χ1n) is 18.8. The average molecular weight is 781 g/mol. The molecule has 0 unspecified atom stereocenters. The normalized spacial score (nSPS) is 10.5. The van der Waals surface area contributed by atoms with Gasteiger partial charge in [0.25, 0.3) is 0 Å². The van der Waals surface area contributed by atoms with Crippen LogP contribution in [0.1, 0.15) is 56.8 Å². The van der Waals surface area contributed by atoms with Crippen molar-refractivity contribution in [2.24, 2.45) is 0 Å². The van der Waals surface area contributed by atoms with Crippen LogP contribution in [0.3, 0.4) is 0 Å². The van der Waals surface area contributed by atoms with Gasteiger partial charge in [0.05, 0.1) is 24.6 Å². The molecule has 0 fully saturated rings. The molecule has 58 heavy (non-hydrogen) atoms. The molecule has 0 saturated heterocycles. The summed E-state index contributed by atoms with van der Waals surface area (Å²) in [6, 6.07) is 43.2. The first-order valence-corrected chi connectivity index (χ1v) is 18.8. The highest BCUT2D eigenvalue weighted by Gasteiger charge is 2.24. The van der Waals surface area contributed by atoms with Gasteiger partial charge in [-0.15, -0.1) is 0 Å². The molecule has 0 aliphatic heterocycles. The van der Waals surface area contributed by atoms with Crippen LogP contribution in [-0.4, -0.2) is 31.2 Å². The van der Waals surface area contributed by atoms with Crippen molar-refractivity contribution in [1.29, 1.82) is 0 Å². The van der Waals surface area contributed by atoms with E-state index in [1.165, 1.54) is 24.3 Å². The van der Waals surface area contributed by atoms with E-state index < -0.39 is 18.0 Å². The highest BCUT2D eigenvalue weighted by molar-refractivity contribution is 6.04. The average Bonchev–Trinajstić information content (AvgIpc) is 3.25. The van der Waals surface area contributed by atoms with Gasteiger partial charge in [-0.3, -0.25) is 0 Å². The van der Waals surface area contributed by atoms with Crippen molar-refractivity contribution in [2.45, 2.75) is 40.3 Å². The lowest BCUT2D eigenvalue weighted by Crippen LogP contribution is -2.21. The van der Waals surface area contributed by atoms with Gasteiger partial charge in [-0.25, -0.2) is 14.4 Å². The predicted octanol–water partition coefficient (Wildman–Crippen LogP) is 10.00. The van der Waals surface area contributed by atoms with Gasteiger partial charge >= 0.3 is 18.0 Å². The number of anilines is 2. The van der Waals surface area contributed by atoms with Gasteiger partial charge in [0.15, 0.2) is 0 Å². The first-order chi connectivity index (χ1) is 28.4. The predicted molar refractivity (Wildman–Crippen MR) is 221 cm³/mol. The summed E-state index contributed by atoms with van der Waals surface area (Å²) < 4.78 is 35.5. The smallest absolute Gasteiger partial charge is 0.342 e. The van der Waals surface area contributed by atoms with E-state index >= 15 is 0 Å². The Kier molecular flexibility index (Phi) is 14.3. The molecule has 0 aromatic heterocycles. The Labute approximate surface area is 337 Å². The summed E-state index contributed by atoms with van der Waals surface area (Å²) in [5, 5.41) is 5.75. The lowest BCUT2D eigenvalue weighted by molar-refractivity contribution is 0.0511. The second kappa shape index (κ2) is 20.6. The molecular weight excluding hydrogens is 737 g/mol. The van der Waals surface area contributed by atoms with Crippen LogP contribution in [0, 0.1) is 0 Å². The summed E-state index contributed by atoms with van der Waals surface area (Å²) in [6.07, 6.45) is 0. The van der Waals surface area contributed by atoms with Crippen LogP contribution in [-0.2, 0) is 35.9 Å². The third-order valence-electron chi connectivity index (χ3n) is 8.60. The summed E-state index contributed by atoms with van der Waals surface area (Å²) >= 11 is 0. The molecule has 0 atom stereocenters. The highest BCUT2D eigenvalue weighted by atomic mass is 16.5. The molecule has 0 aliphatic carbocycles. The van der Waals surface area contributed by atoms with E-state index in [2.05, 4.69) is 10.6 Å². The van der Waals surface area contributed by atoms with Gasteiger partial charge in [0.1, 0.15) is 60.6 Å². The van der Waals surface area contributed by atoms with Crippen LogP contribution in [0.5, 0.6) is 23.0 Å². The second-order valence-corrected chi connectivity index (χ2v) is 12.8. The first kappa shape index (κ1) is 40.4. The minimum Gasteiger partial charge on any atom is -0.488 e. The molecule has 11 nitrogen and oxygen atoms in total. The number of nitrogens with one attached hydrogen (secondary N) is 2. The van der Waals surface area contributed by atoms with Crippen molar-refractivity contribution < 1.29 is 42.8 Å². The third kappa shape index (κ3) is 11.4. The van der Waals surface area contributed by atoms with Gasteiger partial charge in [-0.05, 0) is 36.1 Å². The number of esters is 2. The fourth-order valence-corrected chi connectivity index (χ4v) is 5.75. The number of urea groups is 1. The standard InChI is InChI=1S/C47H44N2O9/c1-3-53-45(50)37-25-43(57-31-35-21-13-7-14-22-35)39(27-41(37)55-29-33-17-9-5-10-18-33)48-47(52)49-40-28-42(56-30-34-19-11-6-12-20-34)38(46(51)54-4-2)26-44(40)58-32-36-23-15-8-16-24-36/h5-28H,3-4,29-32H2,1-2H3,(H2,48,49,52). The number of ether oxygens (including phenoxy) is 6. The minimum atomic E-state index is -0.690. The number of carbonyl (C=O) groups is 3. The van der Waals surface area contributed by atoms with Crippen LogP contribution in [0.15, 0.2) is 146 Å². The molecule has 6 aromatic rings. The van der Waals surface area contributed by atoms with Crippen molar-refractivity contribution in [3.8, 4) is 23.0 Å². The van der Waals surface area contributed by atoms with Gasteiger partial charge < -0.3 is 39.1 Å². The number of carbonyl (C=O) groups excluding carboxylic acids is 3. The molecule has 0 heterocycles. The Morgan fingerprint density at radius 2 is 0.707 bits per heavy atom. The van der Waals surface area contributed by atoms with Crippen LogP contribution in [0.25, 0.3) is 0 Å². The molecule has 6 aromatic carbocycles. The van der Waals surface area contributed by atoms with Crippen LogP contribution in [0.4, 0.5) is 16.2 Å². The van der Waals surface area contributed by atoms with Crippen molar-refractivity contribution >= 4 is 29.3 Å². The molecule has 296 valence electrons. The third-order valence-corrected chi connectivity index (χ3v) is 8.60. The van der Waals surface area contributed by atoms with Crippen LogP contribution < -0.4 is 29.6 Å². The molecule has 0 aliphatic rings. The van der Waals surface area contributed by atoms with Gasteiger partial charge in [-0.1, -0.05) is 121 Å². The summed E-state index contributed by atoms with van der Waals surface area (Å²) in [5.74, 6) is -0.496. The van der Waals surface area contributed by atoms with E-state index in [9.17, 15) is 14.4 Å². The number of hydrogen-bond donors (Lipinski definition) is 2. The molecule has 2 amide bonds. The number of rotatable bonds is 18. The minimum absolute atomic E-state index is 0.123. The maximum atomic E-state index is 14.1. The number of hydrogen-bond acceptors (Lipinski definition) is 9. The zero-order valence-electron chi connectivity index (χ0n) is 32.3. The monoisotopic (exact) mass is 780 g/mol. The highest BCUT2D eigenvalue weighted by Crippen LogP contribution is 2.37. The summed E-state index contributed by atoms with van der Waals surface area (Å²) in [4.78, 5) is 40.6. The Morgan fingerprint density at radius 3 is 1.00 bits per heavy atom. The quantitative estimate of drug-likeness (QED) is 0.0819. The van der Waals surface area contributed by atoms with Crippen LogP contribution >= 0.6 is 0 Å². The lowest BCUT2D eigenvalue weighted by atomic mass is 10.1. The van der Waals surface area contributed by atoms with Crippen molar-refractivity contribution in [3.63, 3.8) is 0 Å². The molecule has 0 spiro atoms. The molecule has 0 saturated carbocycles. The van der Waals surface area contributed by atoms with Gasteiger partial charge in [0, 0.05) is 24.3 Å². The zero-order valence-corrected chi connectivity index (χ0v) is 32.3. The largest absolute Gasteiger partial charge is 0.488 e. The summed E-state index contributed by atoms with van der Waals surface area (Å²) in [5.41, 5.74) is 4.13. The van der Waals surface area contributed by atoms with E-state index in [0.29, 0.717) is 0 Å². The Balaban J connectivity index is 1.35. The Morgan fingerprint density at radius 1 is 0.414 bits per heavy atom. The fourth-order valence-electron chi connectivity index (χ4n) is 5.75. The zero-order chi connectivity index (χ0) is 40.5. The molecule has 0 radical (unpaired) electrons. The second-order valence-electron chi connectivity index (χ2n) is 12.8. The van der Waals surface area contributed by atoms with E-state index in [4.69, 9.17) is 28.4 Å². The molecule has 0 bridgehead atoms. The van der Waals surface area contributed by atoms with Crippen molar-refractivity contribution in [1.82, 2.24) is 0 Å². The topological polar surface area (TPSA) is 131 Å². The molecule has 2 N–H and O–H groups in total. The van der Waals surface area contributed by atoms with E-state index in [-0.39, 0.29) is 85.1 Å². The number of amides is 2. The van der Waals surface area contributed by atoms with Crippen molar-refractivity contribution in [2.75, 3.05) is 23.8 Å². The molecular formula is C47H44N2O9. The van der Waals surface area contributed by atoms with E-state index in [0.717, 1.165) is 22.3 Å². The number of benzene rings is 6.